The van der Waals surface area contributed by atoms with Crippen molar-refractivity contribution in [2.24, 2.45) is 11.7 Å². The third-order valence-corrected chi connectivity index (χ3v) is 2.93. The molecule has 7 heteroatoms. The van der Waals surface area contributed by atoms with Crippen molar-refractivity contribution in [1.82, 2.24) is 0 Å². The van der Waals surface area contributed by atoms with E-state index in [1.54, 1.807) is 0 Å². The zero-order valence-electron chi connectivity index (χ0n) is 10.8. The number of hydrogen-bond acceptors (Lipinski definition) is 4. The molecule has 1 unspecified atom stereocenters. The summed E-state index contributed by atoms with van der Waals surface area (Å²) in [4.78, 5) is 10.3. The summed E-state index contributed by atoms with van der Waals surface area (Å²) in [5.41, 5.74) is 5.45. The van der Waals surface area contributed by atoms with E-state index in [4.69, 9.17) is 17.3 Å². The molecular weight excluding hydrogens is 273 g/mol. The molecule has 5 nitrogen and oxygen atoms in total. The van der Waals surface area contributed by atoms with Crippen LogP contribution in [0.4, 0.5) is 15.8 Å². The lowest BCUT2D eigenvalue weighted by Gasteiger charge is -2.20. The average molecular weight is 290 g/mol. The van der Waals surface area contributed by atoms with E-state index in [1.807, 2.05) is 13.8 Å². The van der Waals surface area contributed by atoms with Crippen LogP contribution >= 0.6 is 11.6 Å². The Morgan fingerprint density at radius 1 is 1.53 bits per heavy atom. The number of hydrogen-bond donors (Lipinski definition) is 2. The number of nitro benzene ring substituents is 1. The number of anilines is 1. The van der Waals surface area contributed by atoms with E-state index in [2.05, 4.69) is 5.32 Å². The molecule has 0 aliphatic rings. The fraction of sp³-hybridized carbons (Fsp3) is 0.500. The Balaban J connectivity index is 3.04. The van der Waals surface area contributed by atoms with Crippen LogP contribution in [0.2, 0.25) is 5.02 Å². The number of nitrogens with two attached hydrogens (primary N) is 1. The standard InChI is InChI=1S/C12H17ClFN3O2/c1-7(2)3-8(6-15)16-11-5-10(14)9(13)4-12(11)17(18)19/h4-5,7-8,16H,3,6,15H2,1-2H3. The fourth-order valence-electron chi connectivity index (χ4n) is 1.81. The molecule has 0 saturated carbocycles. The molecule has 0 radical (unpaired) electrons. The predicted molar refractivity (Wildman–Crippen MR) is 74.0 cm³/mol. The van der Waals surface area contributed by atoms with Crippen LogP contribution in [0.15, 0.2) is 12.1 Å². The highest BCUT2D eigenvalue weighted by Gasteiger charge is 2.20. The largest absolute Gasteiger partial charge is 0.375 e. The molecule has 0 aliphatic carbocycles. The number of nitro groups is 1. The SMILES string of the molecule is CC(C)CC(CN)Nc1cc(F)c(Cl)cc1[N+](=O)[O-]. The molecule has 106 valence electrons. The van der Waals surface area contributed by atoms with Gasteiger partial charge in [0.05, 0.1) is 9.95 Å². The molecule has 1 rings (SSSR count). The first kappa shape index (κ1) is 15.7. The van der Waals surface area contributed by atoms with Crippen molar-refractivity contribution in [3.63, 3.8) is 0 Å². The second-order valence-corrected chi connectivity index (χ2v) is 5.15. The number of halogens is 2. The van der Waals surface area contributed by atoms with Gasteiger partial charge in [-0.25, -0.2) is 4.39 Å². The van der Waals surface area contributed by atoms with Crippen molar-refractivity contribution in [2.45, 2.75) is 26.3 Å². The molecule has 0 amide bonds. The Morgan fingerprint density at radius 2 is 2.16 bits per heavy atom. The molecule has 19 heavy (non-hydrogen) atoms. The van der Waals surface area contributed by atoms with Gasteiger partial charge >= 0.3 is 0 Å². The van der Waals surface area contributed by atoms with Crippen molar-refractivity contribution < 1.29 is 9.31 Å². The van der Waals surface area contributed by atoms with Crippen LogP contribution in [0, 0.1) is 21.8 Å². The van der Waals surface area contributed by atoms with Crippen molar-refractivity contribution in [2.75, 3.05) is 11.9 Å². The van der Waals surface area contributed by atoms with Crippen LogP contribution in [0.3, 0.4) is 0 Å². The number of nitrogens with zero attached hydrogens (tertiary/aromatic N) is 1. The Kier molecular flexibility index (Phi) is 5.50. The topological polar surface area (TPSA) is 81.2 Å². The highest BCUT2D eigenvalue weighted by molar-refractivity contribution is 6.31. The van der Waals surface area contributed by atoms with E-state index in [1.165, 1.54) is 0 Å². The minimum absolute atomic E-state index is 0.100. The second kappa shape index (κ2) is 6.68. The first-order valence-electron chi connectivity index (χ1n) is 5.95. The highest BCUT2D eigenvalue weighted by atomic mass is 35.5. The maximum absolute atomic E-state index is 13.4. The second-order valence-electron chi connectivity index (χ2n) is 4.75. The van der Waals surface area contributed by atoms with Gasteiger partial charge in [0.25, 0.3) is 5.69 Å². The summed E-state index contributed by atoms with van der Waals surface area (Å²) in [5.74, 6) is -0.327. The molecule has 0 bridgehead atoms. The van der Waals surface area contributed by atoms with Gasteiger partial charge in [0.1, 0.15) is 11.5 Å². The predicted octanol–water partition coefficient (Wildman–Crippen LogP) is 3.17. The lowest BCUT2D eigenvalue weighted by atomic mass is 10.0. The van der Waals surface area contributed by atoms with Crippen molar-refractivity contribution in [3.8, 4) is 0 Å². The fourth-order valence-corrected chi connectivity index (χ4v) is 1.96. The Labute approximate surface area is 116 Å². The van der Waals surface area contributed by atoms with Crippen LogP contribution in [0.1, 0.15) is 20.3 Å². The monoisotopic (exact) mass is 289 g/mol. The van der Waals surface area contributed by atoms with Gasteiger partial charge in [-0.1, -0.05) is 25.4 Å². The Hall–Kier alpha value is -1.40. The first-order valence-corrected chi connectivity index (χ1v) is 6.33. The van der Waals surface area contributed by atoms with Crippen LogP contribution in [0.25, 0.3) is 0 Å². The lowest BCUT2D eigenvalue weighted by Crippen LogP contribution is -2.30. The smallest absolute Gasteiger partial charge is 0.294 e. The number of benzene rings is 1. The van der Waals surface area contributed by atoms with Gasteiger partial charge in [-0.2, -0.15) is 0 Å². The Morgan fingerprint density at radius 3 is 2.63 bits per heavy atom. The van der Waals surface area contributed by atoms with Crippen molar-refractivity contribution in [1.29, 1.82) is 0 Å². The van der Waals surface area contributed by atoms with Crippen molar-refractivity contribution >= 4 is 23.0 Å². The van der Waals surface area contributed by atoms with Crippen LogP contribution in [-0.4, -0.2) is 17.5 Å². The third-order valence-electron chi connectivity index (χ3n) is 2.64. The van der Waals surface area contributed by atoms with E-state index >= 15 is 0 Å². The van der Waals surface area contributed by atoms with Crippen LogP contribution in [-0.2, 0) is 0 Å². The summed E-state index contributed by atoms with van der Waals surface area (Å²) in [5, 5.41) is 13.6. The first-order chi connectivity index (χ1) is 8.85. The normalized spacial score (nSPS) is 12.5. The van der Waals surface area contributed by atoms with Gasteiger partial charge in [0, 0.05) is 24.7 Å². The number of nitrogens with one attached hydrogen (secondary N) is 1. The minimum Gasteiger partial charge on any atom is -0.375 e. The molecule has 0 spiro atoms. The third kappa shape index (κ3) is 4.33. The van der Waals surface area contributed by atoms with Crippen LogP contribution in [0.5, 0.6) is 0 Å². The van der Waals surface area contributed by atoms with Gasteiger partial charge in [0.2, 0.25) is 0 Å². The maximum Gasteiger partial charge on any atom is 0.294 e. The van der Waals surface area contributed by atoms with Gasteiger partial charge < -0.3 is 11.1 Å². The zero-order chi connectivity index (χ0) is 14.6. The molecule has 0 saturated heterocycles. The molecule has 0 heterocycles. The van der Waals surface area contributed by atoms with Gasteiger partial charge in [-0.3, -0.25) is 10.1 Å². The molecule has 0 fully saturated rings. The van der Waals surface area contributed by atoms with Crippen LogP contribution < -0.4 is 11.1 Å². The van der Waals surface area contributed by atoms with E-state index in [0.29, 0.717) is 12.5 Å². The lowest BCUT2D eigenvalue weighted by molar-refractivity contribution is -0.384. The highest BCUT2D eigenvalue weighted by Crippen LogP contribution is 2.31. The van der Waals surface area contributed by atoms with Gasteiger partial charge in [-0.15, -0.1) is 0 Å². The van der Waals surface area contributed by atoms with Crippen molar-refractivity contribution in [3.05, 3.63) is 33.1 Å². The molecule has 1 aromatic carbocycles. The summed E-state index contributed by atoms with van der Waals surface area (Å²) in [6.45, 7) is 4.34. The van der Waals surface area contributed by atoms with E-state index in [9.17, 15) is 14.5 Å². The van der Waals surface area contributed by atoms with Gasteiger partial charge in [-0.05, 0) is 12.3 Å². The Bertz CT molecular complexity index is 469. The van der Waals surface area contributed by atoms with E-state index in [0.717, 1.165) is 18.6 Å². The molecular formula is C12H17ClFN3O2. The molecule has 0 aliphatic heterocycles. The molecule has 1 atom stereocenters. The summed E-state index contributed by atoms with van der Waals surface area (Å²) in [7, 11) is 0. The molecule has 1 aromatic rings. The summed E-state index contributed by atoms with van der Waals surface area (Å²) in [6, 6.07) is 1.88. The number of rotatable bonds is 6. The quantitative estimate of drug-likeness (QED) is 0.622. The average Bonchev–Trinajstić information content (AvgIpc) is 2.31. The molecule has 3 N–H and O–H groups in total. The summed E-state index contributed by atoms with van der Waals surface area (Å²) in [6.07, 6.45) is 0.734. The van der Waals surface area contributed by atoms with E-state index in [-0.39, 0.29) is 22.4 Å². The maximum atomic E-state index is 13.4. The van der Waals surface area contributed by atoms with E-state index < -0.39 is 10.7 Å². The van der Waals surface area contributed by atoms with Gasteiger partial charge in [0.15, 0.2) is 0 Å². The molecule has 0 aromatic heterocycles. The zero-order valence-corrected chi connectivity index (χ0v) is 11.6. The summed E-state index contributed by atoms with van der Waals surface area (Å²) >= 11 is 5.55. The summed E-state index contributed by atoms with van der Waals surface area (Å²) < 4.78 is 13.4. The minimum atomic E-state index is -0.699.